The Morgan fingerprint density at radius 3 is 2.32 bits per heavy atom. The minimum absolute atomic E-state index is 0.0211. The zero-order valence-electron chi connectivity index (χ0n) is 13.2. The summed E-state index contributed by atoms with van der Waals surface area (Å²) in [7, 11) is 0. The summed E-state index contributed by atoms with van der Waals surface area (Å²) in [4.78, 5) is 0. The molecule has 0 bridgehead atoms. The summed E-state index contributed by atoms with van der Waals surface area (Å²) in [6, 6.07) is 19.2. The van der Waals surface area contributed by atoms with Crippen molar-refractivity contribution in [3.63, 3.8) is 0 Å². The number of para-hydroxylation sites is 1. The topological polar surface area (TPSA) is 42.2 Å². The molecule has 114 valence electrons. The Labute approximate surface area is 132 Å². The number of hydrogen-bond acceptors (Lipinski definition) is 3. The number of nitrogens with zero attached hydrogens (tertiary/aromatic N) is 1. The van der Waals surface area contributed by atoms with Gasteiger partial charge in [-0.3, -0.25) is 0 Å². The zero-order chi connectivity index (χ0) is 16.0. The van der Waals surface area contributed by atoms with Crippen molar-refractivity contribution in [3.05, 3.63) is 60.2 Å². The molecule has 0 amide bonds. The van der Waals surface area contributed by atoms with Crippen molar-refractivity contribution in [1.82, 2.24) is 0 Å². The molecule has 0 fully saturated rings. The van der Waals surface area contributed by atoms with Crippen LogP contribution < -0.4 is 4.74 Å². The second-order valence-electron chi connectivity index (χ2n) is 6.37. The molecular formula is C19H21NO2. The van der Waals surface area contributed by atoms with E-state index in [1.54, 1.807) is 0 Å². The summed E-state index contributed by atoms with van der Waals surface area (Å²) in [6.45, 7) is 6.76. The average molecular weight is 295 g/mol. The third-order valence-corrected chi connectivity index (χ3v) is 2.94. The van der Waals surface area contributed by atoms with Crippen molar-refractivity contribution in [1.29, 1.82) is 5.26 Å². The highest BCUT2D eigenvalue weighted by Crippen LogP contribution is 2.27. The van der Waals surface area contributed by atoms with Crippen molar-refractivity contribution in [2.75, 3.05) is 6.61 Å². The van der Waals surface area contributed by atoms with E-state index < -0.39 is 6.10 Å². The van der Waals surface area contributed by atoms with Crippen LogP contribution in [0.3, 0.4) is 0 Å². The summed E-state index contributed by atoms with van der Waals surface area (Å²) in [5, 5.41) is 9.34. The standard InChI is InChI=1S/C19H21NO2/c1-19(2,3)14-21-18(13-20)15-8-7-11-17(12-15)22-16-9-5-4-6-10-16/h4-12,18H,14H2,1-3H3. The van der Waals surface area contributed by atoms with E-state index in [1.165, 1.54) is 0 Å². The fraction of sp³-hybridized carbons (Fsp3) is 0.316. The molecule has 2 rings (SSSR count). The highest BCUT2D eigenvalue weighted by molar-refractivity contribution is 5.36. The SMILES string of the molecule is CC(C)(C)COC(C#N)c1cccc(Oc2ccccc2)c1. The second-order valence-corrected chi connectivity index (χ2v) is 6.37. The molecule has 2 aromatic carbocycles. The van der Waals surface area contributed by atoms with Crippen LogP contribution in [0.2, 0.25) is 0 Å². The van der Waals surface area contributed by atoms with Gasteiger partial charge in [0.1, 0.15) is 11.5 Å². The van der Waals surface area contributed by atoms with Gasteiger partial charge in [-0.1, -0.05) is 51.1 Å². The fourth-order valence-electron chi connectivity index (χ4n) is 1.91. The number of benzene rings is 2. The Kier molecular flexibility index (Phi) is 5.19. The van der Waals surface area contributed by atoms with Crippen LogP contribution in [0.1, 0.15) is 32.4 Å². The molecular weight excluding hydrogens is 274 g/mol. The van der Waals surface area contributed by atoms with Gasteiger partial charge in [-0.05, 0) is 35.2 Å². The summed E-state index contributed by atoms with van der Waals surface area (Å²) >= 11 is 0. The van der Waals surface area contributed by atoms with Gasteiger partial charge in [-0.25, -0.2) is 0 Å². The van der Waals surface area contributed by atoms with Crippen LogP contribution in [0.5, 0.6) is 11.5 Å². The minimum Gasteiger partial charge on any atom is -0.457 e. The van der Waals surface area contributed by atoms with Crippen LogP contribution in [0, 0.1) is 16.7 Å². The van der Waals surface area contributed by atoms with E-state index in [-0.39, 0.29) is 5.41 Å². The highest BCUT2D eigenvalue weighted by Gasteiger charge is 2.17. The van der Waals surface area contributed by atoms with Crippen molar-refractivity contribution >= 4 is 0 Å². The maximum atomic E-state index is 9.34. The summed E-state index contributed by atoms with van der Waals surface area (Å²) < 4.78 is 11.5. The maximum Gasteiger partial charge on any atom is 0.169 e. The molecule has 2 aromatic rings. The second kappa shape index (κ2) is 7.11. The van der Waals surface area contributed by atoms with Gasteiger partial charge in [0.05, 0.1) is 12.7 Å². The molecule has 22 heavy (non-hydrogen) atoms. The van der Waals surface area contributed by atoms with E-state index in [0.29, 0.717) is 12.4 Å². The molecule has 3 nitrogen and oxygen atoms in total. The van der Waals surface area contributed by atoms with E-state index >= 15 is 0 Å². The molecule has 3 heteroatoms. The summed E-state index contributed by atoms with van der Waals surface area (Å²) in [6.07, 6.45) is -0.585. The van der Waals surface area contributed by atoms with Crippen LogP contribution >= 0.6 is 0 Å². The van der Waals surface area contributed by atoms with Crippen molar-refractivity contribution in [2.24, 2.45) is 5.41 Å². The molecule has 1 unspecified atom stereocenters. The van der Waals surface area contributed by atoms with Crippen molar-refractivity contribution in [2.45, 2.75) is 26.9 Å². The van der Waals surface area contributed by atoms with Gasteiger partial charge in [0, 0.05) is 0 Å². The monoisotopic (exact) mass is 295 g/mol. The number of hydrogen-bond donors (Lipinski definition) is 0. The van der Waals surface area contributed by atoms with Crippen molar-refractivity contribution < 1.29 is 9.47 Å². The smallest absolute Gasteiger partial charge is 0.169 e. The van der Waals surface area contributed by atoms with E-state index in [0.717, 1.165) is 11.3 Å². The van der Waals surface area contributed by atoms with Gasteiger partial charge in [-0.15, -0.1) is 0 Å². The first kappa shape index (κ1) is 16.1. The average Bonchev–Trinajstić information content (AvgIpc) is 2.48. The molecule has 0 aliphatic heterocycles. The molecule has 0 aliphatic rings. The molecule has 0 saturated carbocycles. The normalized spacial score (nSPS) is 12.5. The first-order valence-corrected chi connectivity index (χ1v) is 7.32. The maximum absolute atomic E-state index is 9.34. The van der Waals surface area contributed by atoms with E-state index in [2.05, 4.69) is 26.8 Å². The molecule has 1 atom stereocenters. The lowest BCUT2D eigenvalue weighted by molar-refractivity contribution is 0.0366. The lowest BCUT2D eigenvalue weighted by Gasteiger charge is -2.21. The third-order valence-electron chi connectivity index (χ3n) is 2.94. The lowest BCUT2D eigenvalue weighted by atomic mass is 9.98. The van der Waals surface area contributed by atoms with Gasteiger partial charge >= 0.3 is 0 Å². The van der Waals surface area contributed by atoms with Crippen molar-refractivity contribution in [3.8, 4) is 17.6 Å². The highest BCUT2D eigenvalue weighted by atomic mass is 16.5. The number of nitriles is 1. The molecule has 0 spiro atoms. The van der Waals surface area contributed by atoms with E-state index in [1.807, 2.05) is 54.6 Å². The van der Waals surface area contributed by atoms with Crippen LogP contribution in [0.4, 0.5) is 0 Å². The largest absolute Gasteiger partial charge is 0.457 e. The minimum atomic E-state index is -0.585. The van der Waals surface area contributed by atoms with Crippen LogP contribution in [-0.4, -0.2) is 6.61 Å². The Bertz CT molecular complexity index is 638. The van der Waals surface area contributed by atoms with E-state index in [9.17, 15) is 5.26 Å². The third kappa shape index (κ3) is 4.91. The predicted molar refractivity (Wildman–Crippen MR) is 86.7 cm³/mol. The molecule has 0 radical (unpaired) electrons. The molecule has 0 N–H and O–H groups in total. The Balaban J connectivity index is 2.11. The molecule has 0 aromatic heterocycles. The van der Waals surface area contributed by atoms with Gasteiger partial charge in [0.15, 0.2) is 6.10 Å². The Morgan fingerprint density at radius 2 is 1.68 bits per heavy atom. The Hall–Kier alpha value is -2.31. The first-order valence-electron chi connectivity index (χ1n) is 7.32. The van der Waals surface area contributed by atoms with Gasteiger partial charge in [0.2, 0.25) is 0 Å². The molecule has 0 aliphatic carbocycles. The summed E-state index contributed by atoms with van der Waals surface area (Å²) in [5.74, 6) is 1.46. The lowest BCUT2D eigenvalue weighted by Crippen LogP contribution is -2.16. The van der Waals surface area contributed by atoms with Gasteiger partial charge < -0.3 is 9.47 Å². The van der Waals surface area contributed by atoms with E-state index in [4.69, 9.17) is 9.47 Å². The van der Waals surface area contributed by atoms with Crippen LogP contribution in [0.25, 0.3) is 0 Å². The van der Waals surface area contributed by atoms with Crippen LogP contribution in [-0.2, 0) is 4.74 Å². The predicted octanol–water partition coefficient (Wildman–Crippen LogP) is 5.11. The Morgan fingerprint density at radius 1 is 1.00 bits per heavy atom. The van der Waals surface area contributed by atoms with Gasteiger partial charge in [0.25, 0.3) is 0 Å². The summed E-state index contributed by atoms with van der Waals surface area (Å²) in [5.41, 5.74) is 0.827. The fourth-order valence-corrected chi connectivity index (χ4v) is 1.91. The first-order chi connectivity index (χ1) is 10.5. The zero-order valence-corrected chi connectivity index (χ0v) is 13.2. The number of rotatable bonds is 5. The van der Waals surface area contributed by atoms with Crippen LogP contribution in [0.15, 0.2) is 54.6 Å². The quantitative estimate of drug-likeness (QED) is 0.770. The number of ether oxygens (including phenoxy) is 2. The van der Waals surface area contributed by atoms with Gasteiger partial charge in [-0.2, -0.15) is 5.26 Å². The molecule has 0 saturated heterocycles. The molecule has 0 heterocycles.